The first-order valence-corrected chi connectivity index (χ1v) is 9.19. The van der Waals surface area contributed by atoms with E-state index >= 15 is 0 Å². The molecule has 6 nitrogen and oxygen atoms in total. The number of rotatable bonds is 4. The van der Waals surface area contributed by atoms with Crippen LogP contribution in [0.3, 0.4) is 0 Å². The quantitative estimate of drug-likeness (QED) is 0.752. The van der Waals surface area contributed by atoms with Crippen LogP contribution in [0.25, 0.3) is 6.08 Å². The van der Waals surface area contributed by atoms with Crippen LogP contribution >= 0.6 is 11.6 Å². The van der Waals surface area contributed by atoms with Crippen molar-refractivity contribution >= 4 is 23.6 Å². The molecule has 1 atom stereocenters. The highest BCUT2D eigenvalue weighted by molar-refractivity contribution is 6.31. The molecule has 1 aromatic carbocycles. The van der Waals surface area contributed by atoms with E-state index in [1.165, 1.54) is 0 Å². The lowest BCUT2D eigenvalue weighted by Gasteiger charge is -2.32. The molecule has 1 amide bonds. The number of hydrogen-bond donors (Lipinski definition) is 0. The predicted molar refractivity (Wildman–Crippen MR) is 101 cm³/mol. The van der Waals surface area contributed by atoms with Crippen molar-refractivity contribution in [2.45, 2.75) is 18.9 Å². The van der Waals surface area contributed by atoms with E-state index in [4.69, 9.17) is 25.8 Å². The number of fused-ring (bicyclic) bond motifs is 1. The highest BCUT2D eigenvalue weighted by Crippen LogP contribution is 2.32. The van der Waals surface area contributed by atoms with Crippen molar-refractivity contribution in [2.24, 2.45) is 0 Å². The van der Waals surface area contributed by atoms with Gasteiger partial charge in [0.05, 0.1) is 6.54 Å². The first-order valence-electron chi connectivity index (χ1n) is 8.82. The standard InChI is InChI=1S/C20H19ClN2O4/c21-16-11-22-8-7-17(16)27-15-2-1-9-23(12-15)20(24)6-4-14-3-5-18-19(10-14)26-13-25-18/h3-8,10-11,15H,1-2,9,12-13H2/b6-4+/t15-/m0/s1. The molecule has 7 heteroatoms. The van der Waals surface area contributed by atoms with E-state index in [1.807, 2.05) is 18.2 Å². The van der Waals surface area contributed by atoms with Gasteiger partial charge in [-0.15, -0.1) is 0 Å². The number of carbonyl (C=O) groups excluding carboxylic acids is 1. The summed E-state index contributed by atoms with van der Waals surface area (Å²) in [6.07, 6.45) is 8.25. The van der Waals surface area contributed by atoms with Gasteiger partial charge in [-0.1, -0.05) is 17.7 Å². The summed E-state index contributed by atoms with van der Waals surface area (Å²) in [5, 5.41) is 0.476. The van der Waals surface area contributed by atoms with Crippen LogP contribution in [0.2, 0.25) is 5.02 Å². The van der Waals surface area contributed by atoms with Crippen LogP contribution < -0.4 is 14.2 Å². The minimum atomic E-state index is -0.0819. The number of aromatic nitrogens is 1. The van der Waals surface area contributed by atoms with Gasteiger partial charge in [0.15, 0.2) is 11.5 Å². The number of likely N-dealkylation sites (tertiary alicyclic amines) is 1. The Hall–Kier alpha value is -2.73. The van der Waals surface area contributed by atoms with Crippen LogP contribution in [-0.2, 0) is 4.79 Å². The van der Waals surface area contributed by atoms with Gasteiger partial charge in [0.2, 0.25) is 12.7 Å². The van der Waals surface area contributed by atoms with Gasteiger partial charge < -0.3 is 19.1 Å². The lowest BCUT2D eigenvalue weighted by atomic mass is 10.1. The molecule has 1 fully saturated rings. The maximum Gasteiger partial charge on any atom is 0.246 e. The van der Waals surface area contributed by atoms with Gasteiger partial charge in [-0.3, -0.25) is 9.78 Å². The van der Waals surface area contributed by atoms with E-state index in [1.54, 1.807) is 35.5 Å². The smallest absolute Gasteiger partial charge is 0.246 e. The highest BCUT2D eigenvalue weighted by Gasteiger charge is 2.24. The Morgan fingerprint density at radius 2 is 2.19 bits per heavy atom. The third kappa shape index (κ3) is 4.17. The molecule has 0 saturated carbocycles. The van der Waals surface area contributed by atoms with Crippen molar-refractivity contribution in [3.63, 3.8) is 0 Å². The molecule has 0 aliphatic carbocycles. The molecule has 27 heavy (non-hydrogen) atoms. The van der Waals surface area contributed by atoms with Crippen molar-refractivity contribution in [2.75, 3.05) is 19.9 Å². The number of halogens is 1. The second-order valence-corrected chi connectivity index (χ2v) is 6.83. The third-order valence-electron chi connectivity index (χ3n) is 4.53. The zero-order chi connectivity index (χ0) is 18.6. The summed E-state index contributed by atoms with van der Waals surface area (Å²) in [6, 6.07) is 7.34. The first kappa shape index (κ1) is 17.7. The molecule has 2 aromatic rings. The zero-order valence-corrected chi connectivity index (χ0v) is 15.4. The normalized spacial score (nSPS) is 18.7. The Balaban J connectivity index is 1.37. The fourth-order valence-electron chi connectivity index (χ4n) is 3.16. The van der Waals surface area contributed by atoms with Gasteiger partial charge in [0.1, 0.15) is 16.9 Å². The molecule has 1 saturated heterocycles. The Bertz CT molecular complexity index is 871. The number of nitrogens with zero attached hydrogens (tertiary/aromatic N) is 2. The largest absolute Gasteiger partial charge is 0.487 e. The fraction of sp³-hybridized carbons (Fsp3) is 0.300. The first-order chi connectivity index (χ1) is 13.2. The Morgan fingerprint density at radius 3 is 3.07 bits per heavy atom. The number of benzene rings is 1. The molecule has 1 aromatic heterocycles. The SMILES string of the molecule is O=C(/C=C/c1ccc2c(c1)OCO2)N1CCC[C@H](Oc2ccncc2Cl)C1. The summed E-state index contributed by atoms with van der Waals surface area (Å²) in [5.74, 6) is 1.98. The van der Waals surface area contributed by atoms with E-state index in [9.17, 15) is 4.79 Å². The Kier molecular flexibility index (Phi) is 5.16. The average molecular weight is 387 g/mol. The van der Waals surface area contributed by atoms with Crippen LogP contribution in [0.15, 0.2) is 42.7 Å². The summed E-state index contributed by atoms with van der Waals surface area (Å²) >= 11 is 6.10. The van der Waals surface area contributed by atoms with Gasteiger partial charge in [0.25, 0.3) is 0 Å². The molecule has 2 aliphatic heterocycles. The molecule has 140 valence electrons. The van der Waals surface area contributed by atoms with Crippen molar-refractivity contribution in [1.82, 2.24) is 9.88 Å². The summed E-state index contributed by atoms with van der Waals surface area (Å²) < 4.78 is 16.6. The molecular formula is C20H19ClN2O4. The van der Waals surface area contributed by atoms with Gasteiger partial charge in [0, 0.05) is 31.1 Å². The average Bonchev–Trinajstić information content (AvgIpc) is 3.16. The van der Waals surface area contributed by atoms with Gasteiger partial charge in [-0.25, -0.2) is 0 Å². The Morgan fingerprint density at radius 1 is 1.30 bits per heavy atom. The van der Waals surface area contributed by atoms with Gasteiger partial charge in [-0.2, -0.15) is 0 Å². The van der Waals surface area contributed by atoms with Gasteiger partial charge >= 0.3 is 0 Å². The van der Waals surface area contributed by atoms with Crippen LogP contribution in [-0.4, -0.2) is 41.8 Å². The number of hydrogen-bond acceptors (Lipinski definition) is 5. The summed E-state index contributed by atoms with van der Waals surface area (Å²) in [5.41, 5.74) is 0.890. The molecule has 0 N–H and O–H groups in total. The van der Waals surface area contributed by atoms with Crippen LogP contribution in [0.4, 0.5) is 0 Å². The summed E-state index contributed by atoms with van der Waals surface area (Å²) in [7, 11) is 0. The molecule has 0 radical (unpaired) electrons. The summed E-state index contributed by atoms with van der Waals surface area (Å²) in [4.78, 5) is 18.3. The maximum atomic E-state index is 12.6. The van der Waals surface area contributed by atoms with Crippen LogP contribution in [0.5, 0.6) is 17.2 Å². The molecule has 0 spiro atoms. The van der Waals surface area contributed by atoms with Crippen molar-refractivity contribution in [3.05, 3.63) is 53.3 Å². The monoisotopic (exact) mass is 386 g/mol. The number of ether oxygens (including phenoxy) is 3. The van der Waals surface area contributed by atoms with E-state index in [0.717, 1.165) is 24.2 Å². The number of pyridine rings is 1. The highest BCUT2D eigenvalue weighted by atomic mass is 35.5. The topological polar surface area (TPSA) is 60.9 Å². The lowest BCUT2D eigenvalue weighted by molar-refractivity contribution is -0.128. The van der Waals surface area contributed by atoms with E-state index in [-0.39, 0.29) is 18.8 Å². The third-order valence-corrected chi connectivity index (χ3v) is 4.82. The van der Waals surface area contributed by atoms with Crippen molar-refractivity contribution < 1.29 is 19.0 Å². The number of piperidine rings is 1. The van der Waals surface area contributed by atoms with Crippen molar-refractivity contribution in [1.29, 1.82) is 0 Å². The zero-order valence-electron chi connectivity index (χ0n) is 14.6. The minimum Gasteiger partial charge on any atom is -0.487 e. The Labute approximate surface area is 162 Å². The predicted octanol–water partition coefficient (Wildman–Crippen LogP) is 3.55. The molecule has 3 heterocycles. The van der Waals surface area contributed by atoms with E-state index in [2.05, 4.69) is 4.98 Å². The van der Waals surface area contributed by atoms with Crippen molar-refractivity contribution in [3.8, 4) is 17.2 Å². The van der Waals surface area contributed by atoms with E-state index < -0.39 is 0 Å². The van der Waals surface area contributed by atoms with Gasteiger partial charge in [-0.05, 0) is 36.6 Å². The second kappa shape index (κ2) is 7.88. The molecule has 2 aliphatic rings. The van der Waals surface area contributed by atoms with Crippen LogP contribution in [0, 0.1) is 0 Å². The molecule has 0 bridgehead atoms. The van der Waals surface area contributed by atoms with Crippen LogP contribution in [0.1, 0.15) is 18.4 Å². The molecule has 0 unspecified atom stereocenters. The molecule has 4 rings (SSSR count). The lowest BCUT2D eigenvalue weighted by Crippen LogP contribution is -2.43. The second-order valence-electron chi connectivity index (χ2n) is 6.42. The number of amides is 1. The summed E-state index contributed by atoms with van der Waals surface area (Å²) in [6.45, 7) is 1.48. The molecular weight excluding hydrogens is 368 g/mol. The van der Waals surface area contributed by atoms with E-state index in [0.29, 0.717) is 29.6 Å². The number of carbonyl (C=O) groups is 1. The maximum absolute atomic E-state index is 12.6. The fourth-order valence-corrected chi connectivity index (χ4v) is 3.33. The minimum absolute atomic E-state index is 0.0400.